The second-order valence-corrected chi connectivity index (χ2v) is 4.53. The van der Waals surface area contributed by atoms with Crippen molar-refractivity contribution in [1.29, 1.82) is 0 Å². The van der Waals surface area contributed by atoms with Crippen LogP contribution in [-0.2, 0) is 9.53 Å². The lowest BCUT2D eigenvalue weighted by Crippen LogP contribution is -2.46. The predicted molar refractivity (Wildman–Crippen MR) is 59.7 cm³/mol. The van der Waals surface area contributed by atoms with Crippen molar-refractivity contribution in [2.75, 3.05) is 19.8 Å². The van der Waals surface area contributed by atoms with Gasteiger partial charge in [0.15, 0.2) is 0 Å². The summed E-state index contributed by atoms with van der Waals surface area (Å²) in [6.45, 7) is 8.48. The molecular formula is C11H22N2O2. The Hall–Kier alpha value is -0.610. The van der Waals surface area contributed by atoms with Crippen molar-refractivity contribution in [2.24, 2.45) is 5.92 Å². The number of rotatable bonds is 4. The van der Waals surface area contributed by atoms with Gasteiger partial charge in [-0.1, -0.05) is 13.8 Å². The lowest BCUT2D eigenvalue weighted by atomic mass is 10.1. The van der Waals surface area contributed by atoms with Crippen molar-refractivity contribution >= 4 is 5.91 Å². The van der Waals surface area contributed by atoms with Crippen molar-refractivity contribution in [2.45, 2.75) is 39.3 Å². The highest BCUT2D eigenvalue weighted by Gasteiger charge is 2.18. The van der Waals surface area contributed by atoms with E-state index in [2.05, 4.69) is 24.5 Å². The molecule has 0 saturated carbocycles. The number of ether oxygens (including phenoxy) is 1. The first-order chi connectivity index (χ1) is 7.09. The van der Waals surface area contributed by atoms with Gasteiger partial charge in [-0.25, -0.2) is 0 Å². The van der Waals surface area contributed by atoms with Gasteiger partial charge in [-0.05, 0) is 12.8 Å². The Morgan fingerprint density at radius 2 is 2.27 bits per heavy atom. The Balaban J connectivity index is 2.22. The Bertz CT molecular complexity index is 201. The molecule has 2 N–H and O–H groups in total. The minimum atomic E-state index is 0.110. The maximum Gasteiger partial charge on any atom is 0.221 e. The van der Waals surface area contributed by atoms with Crippen molar-refractivity contribution in [3.63, 3.8) is 0 Å². The van der Waals surface area contributed by atoms with Gasteiger partial charge in [0, 0.05) is 25.0 Å². The van der Waals surface area contributed by atoms with Crippen LogP contribution in [0.15, 0.2) is 0 Å². The van der Waals surface area contributed by atoms with Crippen LogP contribution in [0.4, 0.5) is 0 Å². The van der Waals surface area contributed by atoms with Gasteiger partial charge in [-0.2, -0.15) is 0 Å². The molecule has 1 aliphatic heterocycles. The molecule has 88 valence electrons. The lowest BCUT2D eigenvalue weighted by molar-refractivity contribution is -0.123. The van der Waals surface area contributed by atoms with Crippen LogP contribution in [0.2, 0.25) is 0 Å². The second kappa shape index (κ2) is 6.08. The number of nitrogens with one attached hydrogen (secondary N) is 2. The Kier molecular flexibility index (Phi) is 5.05. The van der Waals surface area contributed by atoms with E-state index in [1.165, 1.54) is 0 Å². The summed E-state index contributed by atoms with van der Waals surface area (Å²) in [6.07, 6.45) is 0.511. The van der Waals surface area contributed by atoms with Gasteiger partial charge in [-0.3, -0.25) is 4.79 Å². The quantitative estimate of drug-likeness (QED) is 0.717. The monoisotopic (exact) mass is 214 g/mol. The molecular weight excluding hydrogens is 192 g/mol. The summed E-state index contributed by atoms with van der Waals surface area (Å²) in [6, 6.07) is 0.417. The number of carbonyl (C=O) groups is 1. The van der Waals surface area contributed by atoms with Crippen LogP contribution in [0.5, 0.6) is 0 Å². The molecule has 0 aromatic rings. The highest BCUT2D eigenvalue weighted by atomic mass is 16.5. The minimum absolute atomic E-state index is 0.110. The standard InChI is InChI=1S/C11H22N2O2/c1-8(2)9(3)13-11(14)6-10-7-15-5-4-12-10/h8-10,12H,4-7H2,1-3H3,(H,13,14). The number of morpholine rings is 1. The molecule has 4 heteroatoms. The van der Waals surface area contributed by atoms with Crippen LogP contribution in [0.3, 0.4) is 0 Å². The van der Waals surface area contributed by atoms with Gasteiger partial charge >= 0.3 is 0 Å². The highest BCUT2D eigenvalue weighted by molar-refractivity contribution is 5.76. The van der Waals surface area contributed by atoms with Crippen LogP contribution >= 0.6 is 0 Å². The number of carbonyl (C=O) groups excluding carboxylic acids is 1. The molecule has 2 atom stereocenters. The molecule has 0 aromatic carbocycles. The fourth-order valence-electron chi connectivity index (χ4n) is 1.45. The van der Waals surface area contributed by atoms with E-state index in [0.29, 0.717) is 18.9 Å². The van der Waals surface area contributed by atoms with Gasteiger partial charge in [-0.15, -0.1) is 0 Å². The molecule has 1 aliphatic rings. The highest BCUT2D eigenvalue weighted by Crippen LogP contribution is 2.02. The molecule has 4 nitrogen and oxygen atoms in total. The second-order valence-electron chi connectivity index (χ2n) is 4.53. The molecule has 0 aliphatic carbocycles. The van der Waals surface area contributed by atoms with Gasteiger partial charge in [0.2, 0.25) is 5.91 Å². The smallest absolute Gasteiger partial charge is 0.221 e. The molecule has 15 heavy (non-hydrogen) atoms. The third-order valence-corrected chi connectivity index (χ3v) is 2.82. The first kappa shape index (κ1) is 12.5. The maximum absolute atomic E-state index is 11.6. The number of amides is 1. The summed E-state index contributed by atoms with van der Waals surface area (Å²) in [4.78, 5) is 11.6. The zero-order valence-corrected chi connectivity index (χ0v) is 9.88. The Labute approximate surface area is 91.8 Å². The van der Waals surface area contributed by atoms with Gasteiger partial charge in [0.1, 0.15) is 0 Å². The molecule has 1 rings (SSSR count). The molecule has 1 fully saturated rings. The summed E-state index contributed by atoms with van der Waals surface area (Å²) in [5, 5.41) is 6.26. The van der Waals surface area contributed by atoms with Gasteiger partial charge in [0.05, 0.1) is 13.2 Å². The van der Waals surface area contributed by atoms with E-state index in [-0.39, 0.29) is 18.0 Å². The first-order valence-electron chi connectivity index (χ1n) is 5.70. The number of hydrogen-bond acceptors (Lipinski definition) is 3. The van der Waals surface area contributed by atoms with E-state index in [4.69, 9.17) is 4.74 Å². The van der Waals surface area contributed by atoms with E-state index in [0.717, 1.165) is 13.2 Å². The first-order valence-corrected chi connectivity index (χ1v) is 5.70. The normalized spacial score (nSPS) is 23.9. The molecule has 1 heterocycles. The summed E-state index contributed by atoms with van der Waals surface area (Å²) >= 11 is 0. The summed E-state index contributed by atoms with van der Waals surface area (Å²) in [5.74, 6) is 0.587. The predicted octanol–water partition coefficient (Wildman–Crippen LogP) is 0.526. The fraction of sp³-hybridized carbons (Fsp3) is 0.909. The lowest BCUT2D eigenvalue weighted by Gasteiger charge is -2.24. The van der Waals surface area contributed by atoms with E-state index >= 15 is 0 Å². The molecule has 0 radical (unpaired) electrons. The Morgan fingerprint density at radius 1 is 1.53 bits per heavy atom. The number of hydrogen-bond donors (Lipinski definition) is 2. The third kappa shape index (κ3) is 4.62. The van der Waals surface area contributed by atoms with Gasteiger partial charge < -0.3 is 15.4 Å². The molecule has 1 amide bonds. The van der Waals surface area contributed by atoms with E-state index in [1.807, 2.05) is 6.92 Å². The summed E-state index contributed by atoms with van der Waals surface area (Å²) < 4.78 is 5.29. The van der Waals surface area contributed by atoms with Crippen LogP contribution in [-0.4, -0.2) is 37.7 Å². The average molecular weight is 214 g/mol. The average Bonchev–Trinajstić information content (AvgIpc) is 2.18. The van der Waals surface area contributed by atoms with Crippen LogP contribution < -0.4 is 10.6 Å². The molecule has 2 unspecified atom stereocenters. The van der Waals surface area contributed by atoms with E-state index < -0.39 is 0 Å². The van der Waals surface area contributed by atoms with Gasteiger partial charge in [0.25, 0.3) is 0 Å². The fourth-order valence-corrected chi connectivity index (χ4v) is 1.45. The van der Waals surface area contributed by atoms with E-state index in [9.17, 15) is 4.79 Å². The molecule has 0 bridgehead atoms. The van der Waals surface area contributed by atoms with Crippen LogP contribution in [0, 0.1) is 5.92 Å². The zero-order chi connectivity index (χ0) is 11.3. The van der Waals surface area contributed by atoms with E-state index in [1.54, 1.807) is 0 Å². The van der Waals surface area contributed by atoms with Crippen molar-refractivity contribution in [1.82, 2.24) is 10.6 Å². The summed E-state index contributed by atoms with van der Waals surface area (Å²) in [7, 11) is 0. The van der Waals surface area contributed by atoms with Crippen molar-refractivity contribution in [3.8, 4) is 0 Å². The van der Waals surface area contributed by atoms with Crippen LogP contribution in [0.25, 0.3) is 0 Å². The van der Waals surface area contributed by atoms with Crippen molar-refractivity contribution in [3.05, 3.63) is 0 Å². The SMILES string of the molecule is CC(C)C(C)NC(=O)CC1COCCN1. The minimum Gasteiger partial charge on any atom is -0.378 e. The summed E-state index contributed by atoms with van der Waals surface area (Å²) in [5.41, 5.74) is 0. The van der Waals surface area contributed by atoms with Crippen molar-refractivity contribution < 1.29 is 9.53 Å². The third-order valence-electron chi connectivity index (χ3n) is 2.82. The molecule has 1 saturated heterocycles. The molecule has 0 aromatic heterocycles. The topological polar surface area (TPSA) is 50.4 Å². The Morgan fingerprint density at radius 3 is 2.80 bits per heavy atom. The molecule has 0 spiro atoms. The maximum atomic E-state index is 11.6. The van der Waals surface area contributed by atoms with Crippen LogP contribution in [0.1, 0.15) is 27.2 Å². The zero-order valence-electron chi connectivity index (χ0n) is 9.88. The largest absolute Gasteiger partial charge is 0.378 e.